The molecule has 1 atom stereocenters. The zero-order chi connectivity index (χ0) is 29.0. The zero-order valence-electron chi connectivity index (χ0n) is 26.0. The summed E-state index contributed by atoms with van der Waals surface area (Å²) in [5.41, 5.74) is 6.71. The Hall–Kier alpha value is -2.29. The van der Waals surface area contributed by atoms with E-state index in [1.54, 1.807) is 0 Å². The van der Waals surface area contributed by atoms with E-state index in [-0.39, 0.29) is 37.1 Å². The standard InChI is InChI=1S/C24H28N.C11H20O2.Ir/c1-7-18(6)22-13-19-8-9-25-24(23(19)14-21(22)15(2)3)20-11-16(4)10-17(5)12-20;1-10(2,3)8(12)7-9(13)11(4,5)6;/h8-11,13-15,18H,7H2,1-6H3;7,12H,1-6H3;/q-1;;/b;8-7-;. The molecule has 0 saturated heterocycles. The number of rotatable bonds is 5. The topological polar surface area (TPSA) is 50.2 Å². The summed E-state index contributed by atoms with van der Waals surface area (Å²) in [6.45, 7) is 24.5. The summed E-state index contributed by atoms with van der Waals surface area (Å²) >= 11 is 0. The van der Waals surface area contributed by atoms with Crippen molar-refractivity contribution in [3.05, 3.63) is 76.7 Å². The Morgan fingerprint density at radius 2 is 1.59 bits per heavy atom. The minimum absolute atomic E-state index is 0. The predicted molar refractivity (Wildman–Crippen MR) is 163 cm³/mol. The van der Waals surface area contributed by atoms with E-state index < -0.39 is 5.41 Å². The van der Waals surface area contributed by atoms with Gasteiger partial charge in [0.05, 0.1) is 0 Å². The number of carbonyl (C=O) groups is 1. The van der Waals surface area contributed by atoms with Crippen molar-refractivity contribution < 1.29 is 30.0 Å². The molecular weight excluding hydrogens is 659 g/mol. The number of hydrogen-bond donors (Lipinski definition) is 1. The molecule has 0 fully saturated rings. The molecule has 3 nitrogen and oxygen atoms in total. The molecule has 4 heteroatoms. The first-order valence-corrected chi connectivity index (χ1v) is 13.8. The van der Waals surface area contributed by atoms with E-state index in [2.05, 4.69) is 77.9 Å². The number of aliphatic hydroxyl groups is 1. The van der Waals surface area contributed by atoms with Gasteiger partial charge in [0.1, 0.15) is 5.76 Å². The molecule has 0 aliphatic rings. The van der Waals surface area contributed by atoms with Crippen molar-refractivity contribution in [2.45, 2.75) is 101 Å². The number of aromatic nitrogens is 1. The van der Waals surface area contributed by atoms with Crippen LogP contribution in [0.5, 0.6) is 0 Å². The Bertz CT molecular complexity index is 1290. The number of aryl methyl sites for hydroxylation is 2. The van der Waals surface area contributed by atoms with Gasteiger partial charge < -0.3 is 10.1 Å². The number of carbonyl (C=O) groups excluding carboxylic acids is 1. The van der Waals surface area contributed by atoms with Gasteiger partial charge in [-0.3, -0.25) is 4.79 Å². The third-order valence-electron chi connectivity index (χ3n) is 6.91. The van der Waals surface area contributed by atoms with Crippen LogP contribution in [0.4, 0.5) is 0 Å². The first kappa shape index (κ1) is 34.7. The quantitative estimate of drug-likeness (QED) is 0.163. The third kappa shape index (κ3) is 9.40. The van der Waals surface area contributed by atoms with Crippen molar-refractivity contribution in [1.29, 1.82) is 0 Å². The molecule has 0 aliphatic heterocycles. The van der Waals surface area contributed by atoms with Crippen LogP contribution in [0.15, 0.2) is 48.4 Å². The summed E-state index contributed by atoms with van der Waals surface area (Å²) in [6.07, 6.45) is 4.42. The fourth-order valence-electron chi connectivity index (χ4n) is 4.20. The van der Waals surface area contributed by atoms with Crippen molar-refractivity contribution in [3.8, 4) is 11.3 Å². The molecule has 0 amide bonds. The molecule has 0 spiro atoms. The second kappa shape index (κ2) is 13.9. The van der Waals surface area contributed by atoms with E-state index in [9.17, 15) is 9.90 Å². The van der Waals surface area contributed by atoms with Gasteiger partial charge in [0.2, 0.25) is 0 Å². The van der Waals surface area contributed by atoms with Crippen LogP contribution in [0.3, 0.4) is 0 Å². The number of pyridine rings is 1. The molecule has 1 radical (unpaired) electrons. The second-order valence-corrected chi connectivity index (χ2v) is 13.0. The molecule has 215 valence electrons. The van der Waals surface area contributed by atoms with Crippen LogP contribution in [0, 0.1) is 30.7 Å². The van der Waals surface area contributed by atoms with E-state index >= 15 is 0 Å². The van der Waals surface area contributed by atoms with Gasteiger partial charge in [0.15, 0.2) is 5.78 Å². The Kier molecular flexibility index (Phi) is 12.3. The summed E-state index contributed by atoms with van der Waals surface area (Å²) in [6, 6.07) is 14.7. The fourth-order valence-corrected chi connectivity index (χ4v) is 4.20. The molecule has 1 N–H and O–H groups in total. The van der Waals surface area contributed by atoms with E-state index in [0.717, 1.165) is 23.2 Å². The summed E-state index contributed by atoms with van der Waals surface area (Å²) in [7, 11) is 0. The number of allylic oxidation sites excluding steroid dienone is 2. The van der Waals surface area contributed by atoms with Gasteiger partial charge in [0, 0.05) is 43.2 Å². The third-order valence-corrected chi connectivity index (χ3v) is 6.91. The van der Waals surface area contributed by atoms with Crippen molar-refractivity contribution >= 4 is 16.6 Å². The first-order chi connectivity index (χ1) is 17.4. The number of benzene rings is 2. The Labute approximate surface area is 250 Å². The van der Waals surface area contributed by atoms with Crippen LogP contribution >= 0.6 is 0 Å². The van der Waals surface area contributed by atoms with Crippen LogP contribution in [0.1, 0.15) is 110 Å². The fraction of sp³-hybridized carbons (Fsp3) is 0.486. The van der Waals surface area contributed by atoms with E-state index in [1.165, 1.54) is 33.5 Å². The van der Waals surface area contributed by atoms with Gasteiger partial charge in [-0.2, -0.15) is 0 Å². The average molecular weight is 707 g/mol. The largest absolute Gasteiger partial charge is 0.512 e. The van der Waals surface area contributed by atoms with Gasteiger partial charge in [-0.1, -0.05) is 95.2 Å². The maximum Gasteiger partial charge on any atom is 0.164 e. The number of fused-ring (bicyclic) bond motifs is 1. The summed E-state index contributed by atoms with van der Waals surface area (Å²) in [5.74, 6) is 1.18. The maximum absolute atomic E-state index is 11.5. The molecular formula is C35H48IrNO2-. The predicted octanol–water partition coefficient (Wildman–Crippen LogP) is 10.0. The molecule has 1 aromatic heterocycles. The van der Waals surface area contributed by atoms with Crippen LogP contribution in [-0.2, 0) is 24.9 Å². The molecule has 3 aromatic rings. The Morgan fingerprint density at radius 1 is 0.974 bits per heavy atom. The number of ketones is 1. The normalized spacial score (nSPS) is 13.0. The summed E-state index contributed by atoms with van der Waals surface area (Å²) < 4.78 is 0. The average Bonchev–Trinajstić information content (AvgIpc) is 2.80. The van der Waals surface area contributed by atoms with Gasteiger partial charge in [0.25, 0.3) is 0 Å². The van der Waals surface area contributed by atoms with Gasteiger partial charge in [-0.25, -0.2) is 0 Å². The Morgan fingerprint density at radius 3 is 2.08 bits per heavy atom. The Balaban J connectivity index is 0.000000466. The monoisotopic (exact) mass is 707 g/mol. The van der Waals surface area contributed by atoms with Crippen molar-refractivity contribution in [3.63, 3.8) is 0 Å². The molecule has 1 unspecified atom stereocenters. The van der Waals surface area contributed by atoms with Crippen LogP contribution < -0.4 is 0 Å². The molecule has 39 heavy (non-hydrogen) atoms. The van der Waals surface area contributed by atoms with Crippen LogP contribution in [0.2, 0.25) is 0 Å². The van der Waals surface area contributed by atoms with Gasteiger partial charge in [-0.15, -0.1) is 34.9 Å². The second-order valence-electron chi connectivity index (χ2n) is 13.0. The van der Waals surface area contributed by atoms with Crippen molar-refractivity contribution in [2.24, 2.45) is 10.8 Å². The number of nitrogens with zero attached hydrogens (tertiary/aromatic N) is 1. The number of aliphatic hydroxyl groups excluding tert-OH is 1. The molecule has 0 saturated carbocycles. The van der Waals surface area contributed by atoms with E-state index in [4.69, 9.17) is 4.98 Å². The van der Waals surface area contributed by atoms with Crippen LogP contribution in [0.25, 0.3) is 22.0 Å². The first-order valence-electron chi connectivity index (χ1n) is 13.8. The summed E-state index contributed by atoms with van der Waals surface area (Å²) in [4.78, 5) is 16.2. The number of hydrogen-bond acceptors (Lipinski definition) is 3. The molecule has 3 rings (SSSR count). The molecule has 0 bridgehead atoms. The van der Waals surface area contributed by atoms with Gasteiger partial charge >= 0.3 is 0 Å². The van der Waals surface area contributed by atoms with Gasteiger partial charge in [-0.05, 0) is 51.9 Å². The zero-order valence-corrected chi connectivity index (χ0v) is 28.4. The van der Waals surface area contributed by atoms with Crippen LogP contribution in [-0.4, -0.2) is 15.9 Å². The smallest absolute Gasteiger partial charge is 0.164 e. The maximum atomic E-state index is 11.5. The SMILES string of the molecule is CC(C)(C)C(=O)/C=C(\O)C(C)(C)C.CCC(C)c1cc2ccnc(-c3[c-]c(C)cc(C)c3)c2cc1C(C)C.[Ir]. The molecule has 2 aromatic carbocycles. The van der Waals surface area contributed by atoms with Crippen molar-refractivity contribution in [2.75, 3.05) is 0 Å². The van der Waals surface area contributed by atoms with E-state index in [1.807, 2.05) is 47.7 Å². The minimum Gasteiger partial charge on any atom is -0.512 e. The minimum atomic E-state index is -0.417. The van der Waals surface area contributed by atoms with Crippen molar-refractivity contribution in [1.82, 2.24) is 4.98 Å². The molecule has 1 heterocycles. The van der Waals surface area contributed by atoms with E-state index in [0.29, 0.717) is 11.8 Å². The molecule has 0 aliphatic carbocycles. The summed E-state index contributed by atoms with van der Waals surface area (Å²) in [5, 5.41) is 12.1.